The molecule has 0 radical (unpaired) electrons. The summed E-state index contributed by atoms with van der Waals surface area (Å²) in [6.07, 6.45) is 1.70. The van der Waals surface area contributed by atoms with E-state index < -0.39 is 17.5 Å². The van der Waals surface area contributed by atoms with Crippen molar-refractivity contribution in [2.24, 2.45) is 0 Å². The molecule has 2 aromatic heterocycles. The number of hydrogen-bond donors (Lipinski definition) is 1. The third-order valence-corrected chi connectivity index (χ3v) is 5.13. The molecule has 28 heavy (non-hydrogen) atoms. The molecule has 0 spiro atoms. The molecule has 0 bridgehead atoms. The molecule has 0 saturated carbocycles. The van der Waals surface area contributed by atoms with Crippen molar-refractivity contribution in [2.45, 2.75) is 0 Å². The quantitative estimate of drug-likeness (QED) is 0.723. The molecular formula is C19H16F2N4O2S. The maximum Gasteiger partial charge on any atom is 0.275 e. The third-order valence-electron chi connectivity index (χ3n) is 4.24. The van der Waals surface area contributed by atoms with Gasteiger partial charge in [-0.1, -0.05) is 0 Å². The van der Waals surface area contributed by atoms with Crippen LogP contribution in [0.4, 0.5) is 20.3 Å². The molecule has 3 aromatic rings. The standard InChI is InChI=1S/C19H16F2N4O2S/c20-13-1-2-14(21)15(10-13)23-18(26)16-11-28-19(24-16)12-3-4-22-17(9-12)25-5-7-27-8-6-25/h1-4,9-11H,5-8H2,(H,23,26). The molecular weight excluding hydrogens is 386 g/mol. The number of halogens is 2. The molecule has 9 heteroatoms. The third kappa shape index (κ3) is 4.00. The monoisotopic (exact) mass is 402 g/mol. The Bertz CT molecular complexity index is 1010. The molecule has 3 heterocycles. The van der Waals surface area contributed by atoms with E-state index in [1.165, 1.54) is 11.3 Å². The van der Waals surface area contributed by atoms with E-state index in [0.29, 0.717) is 18.2 Å². The second-order valence-electron chi connectivity index (χ2n) is 6.12. The van der Waals surface area contributed by atoms with Crippen LogP contribution in [0, 0.1) is 11.6 Å². The van der Waals surface area contributed by atoms with Gasteiger partial charge in [-0.3, -0.25) is 4.79 Å². The Kier molecular flexibility index (Phi) is 5.27. The van der Waals surface area contributed by atoms with Gasteiger partial charge in [0.15, 0.2) is 0 Å². The lowest BCUT2D eigenvalue weighted by Crippen LogP contribution is -2.36. The highest BCUT2D eigenvalue weighted by Gasteiger charge is 2.17. The van der Waals surface area contributed by atoms with Crippen molar-refractivity contribution >= 4 is 28.7 Å². The Balaban J connectivity index is 1.52. The minimum Gasteiger partial charge on any atom is -0.378 e. The van der Waals surface area contributed by atoms with Crippen molar-refractivity contribution in [3.8, 4) is 10.6 Å². The van der Waals surface area contributed by atoms with Crippen LogP contribution >= 0.6 is 11.3 Å². The van der Waals surface area contributed by atoms with Crippen molar-refractivity contribution < 1.29 is 18.3 Å². The summed E-state index contributed by atoms with van der Waals surface area (Å²) in [4.78, 5) is 23.2. The van der Waals surface area contributed by atoms with Gasteiger partial charge in [0.25, 0.3) is 5.91 Å². The number of ether oxygens (including phenoxy) is 1. The zero-order valence-electron chi connectivity index (χ0n) is 14.7. The molecule has 1 aliphatic rings. The summed E-state index contributed by atoms with van der Waals surface area (Å²) in [5, 5.41) is 4.57. The SMILES string of the molecule is O=C(Nc1cc(F)ccc1F)c1csc(-c2ccnc(N3CCOCC3)c2)n1. The summed E-state index contributed by atoms with van der Waals surface area (Å²) < 4.78 is 32.3. The number of hydrogen-bond acceptors (Lipinski definition) is 6. The lowest BCUT2D eigenvalue weighted by molar-refractivity contribution is 0.102. The molecule has 0 unspecified atom stereocenters. The van der Waals surface area contributed by atoms with Gasteiger partial charge in [0.1, 0.15) is 28.2 Å². The number of rotatable bonds is 4. The van der Waals surface area contributed by atoms with Crippen molar-refractivity contribution in [1.29, 1.82) is 0 Å². The number of thiazole rings is 1. The van der Waals surface area contributed by atoms with Gasteiger partial charge in [-0.15, -0.1) is 11.3 Å². The van der Waals surface area contributed by atoms with Crippen LogP contribution < -0.4 is 10.2 Å². The van der Waals surface area contributed by atoms with Gasteiger partial charge in [-0.2, -0.15) is 0 Å². The molecule has 1 aromatic carbocycles. The Morgan fingerprint density at radius 3 is 2.82 bits per heavy atom. The van der Waals surface area contributed by atoms with E-state index in [-0.39, 0.29) is 11.4 Å². The number of carbonyl (C=O) groups is 1. The number of nitrogens with one attached hydrogen (secondary N) is 1. The van der Waals surface area contributed by atoms with Crippen LogP contribution in [0.25, 0.3) is 10.6 Å². The summed E-state index contributed by atoms with van der Waals surface area (Å²) in [5.74, 6) is -1.13. The number of amides is 1. The summed E-state index contributed by atoms with van der Waals surface area (Å²) in [5.41, 5.74) is 0.740. The van der Waals surface area contributed by atoms with E-state index in [9.17, 15) is 13.6 Å². The first-order chi connectivity index (χ1) is 13.6. The molecule has 0 aliphatic carbocycles. The first kappa shape index (κ1) is 18.5. The van der Waals surface area contributed by atoms with E-state index in [2.05, 4.69) is 20.2 Å². The normalized spacial score (nSPS) is 14.1. The number of carbonyl (C=O) groups excluding carboxylic acids is 1. The highest BCUT2D eigenvalue weighted by atomic mass is 32.1. The van der Waals surface area contributed by atoms with Crippen LogP contribution in [0.2, 0.25) is 0 Å². The van der Waals surface area contributed by atoms with Crippen molar-refractivity contribution in [2.75, 3.05) is 36.5 Å². The Hall–Kier alpha value is -2.91. The fourth-order valence-electron chi connectivity index (χ4n) is 2.81. The average Bonchev–Trinajstić information content (AvgIpc) is 3.22. The van der Waals surface area contributed by atoms with Crippen LogP contribution in [-0.4, -0.2) is 42.2 Å². The maximum atomic E-state index is 13.7. The Morgan fingerprint density at radius 2 is 2.00 bits per heavy atom. The van der Waals surface area contributed by atoms with Gasteiger partial charge >= 0.3 is 0 Å². The molecule has 1 N–H and O–H groups in total. The average molecular weight is 402 g/mol. The molecule has 1 saturated heterocycles. The van der Waals surface area contributed by atoms with Crippen LogP contribution in [0.1, 0.15) is 10.5 Å². The zero-order chi connectivity index (χ0) is 19.5. The van der Waals surface area contributed by atoms with Gasteiger partial charge in [-0.05, 0) is 24.3 Å². The molecule has 1 fully saturated rings. The zero-order valence-corrected chi connectivity index (χ0v) is 15.5. The lowest BCUT2D eigenvalue weighted by atomic mass is 10.2. The topological polar surface area (TPSA) is 67.4 Å². The smallest absolute Gasteiger partial charge is 0.275 e. The van der Waals surface area contributed by atoms with Crippen molar-refractivity contribution in [3.05, 3.63) is 59.2 Å². The number of morpholine rings is 1. The Labute approximate surface area is 163 Å². The second-order valence-corrected chi connectivity index (χ2v) is 6.98. The van der Waals surface area contributed by atoms with Gasteiger partial charge in [0.05, 0.1) is 18.9 Å². The van der Waals surface area contributed by atoms with E-state index in [1.807, 2.05) is 12.1 Å². The van der Waals surface area contributed by atoms with E-state index in [0.717, 1.165) is 42.7 Å². The number of aromatic nitrogens is 2. The number of nitrogens with zero attached hydrogens (tertiary/aromatic N) is 3. The van der Waals surface area contributed by atoms with Crippen LogP contribution in [0.5, 0.6) is 0 Å². The largest absolute Gasteiger partial charge is 0.378 e. The first-order valence-electron chi connectivity index (χ1n) is 8.61. The van der Waals surface area contributed by atoms with Gasteiger partial charge in [-0.25, -0.2) is 18.7 Å². The van der Waals surface area contributed by atoms with E-state index >= 15 is 0 Å². The highest BCUT2D eigenvalue weighted by Crippen LogP contribution is 2.27. The summed E-state index contributed by atoms with van der Waals surface area (Å²) >= 11 is 1.29. The predicted octanol–water partition coefficient (Wildman–Crippen LogP) is 3.57. The van der Waals surface area contributed by atoms with Gasteiger partial charge in [0, 0.05) is 36.3 Å². The summed E-state index contributed by atoms with van der Waals surface area (Å²) in [7, 11) is 0. The molecule has 0 atom stereocenters. The minimum atomic E-state index is -0.713. The van der Waals surface area contributed by atoms with Crippen LogP contribution in [0.3, 0.4) is 0 Å². The maximum absolute atomic E-state index is 13.7. The predicted molar refractivity (Wildman–Crippen MR) is 103 cm³/mol. The number of anilines is 2. The van der Waals surface area contributed by atoms with Crippen molar-refractivity contribution in [3.63, 3.8) is 0 Å². The molecule has 6 nitrogen and oxygen atoms in total. The fraction of sp³-hybridized carbons (Fsp3) is 0.211. The molecule has 144 valence electrons. The van der Waals surface area contributed by atoms with Crippen molar-refractivity contribution in [1.82, 2.24) is 9.97 Å². The molecule has 1 amide bonds. The molecule has 4 rings (SSSR count). The molecule has 1 aliphatic heterocycles. The minimum absolute atomic E-state index is 0.133. The number of pyridine rings is 1. The fourth-order valence-corrected chi connectivity index (χ4v) is 3.60. The first-order valence-corrected chi connectivity index (χ1v) is 9.49. The highest BCUT2D eigenvalue weighted by molar-refractivity contribution is 7.13. The second kappa shape index (κ2) is 7.99. The number of benzene rings is 1. The van der Waals surface area contributed by atoms with Gasteiger partial charge in [0.2, 0.25) is 0 Å². The van der Waals surface area contributed by atoms with Gasteiger partial charge < -0.3 is 15.0 Å². The summed E-state index contributed by atoms with van der Waals surface area (Å²) in [6, 6.07) is 6.61. The van der Waals surface area contributed by atoms with E-state index in [1.54, 1.807) is 11.6 Å². The van der Waals surface area contributed by atoms with Crippen LogP contribution in [-0.2, 0) is 4.74 Å². The van der Waals surface area contributed by atoms with E-state index in [4.69, 9.17) is 4.74 Å². The van der Waals surface area contributed by atoms with Crippen LogP contribution in [0.15, 0.2) is 41.9 Å². The Morgan fingerprint density at radius 1 is 1.18 bits per heavy atom. The summed E-state index contributed by atoms with van der Waals surface area (Å²) in [6.45, 7) is 2.84. The lowest BCUT2D eigenvalue weighted by Gasteiger charge is -2.27.